The maximum Gasteiger partial charge on any atom is 0.251 e. The quantitative estimate of drug-likeness (QED) is 0.940. The van der Waals surface area contributed by atoms with E-state index in [4.69, 9.17) is 0 Å². The van der Waals surface area contributed by atoms with Crippen LogP contribution < -0.4 is 5.32 Å². The fourth-order valence-corrected chi connectivity index (χ4v) is 3.15. The SMILES string of the molecule is C[C@@H](CNC(=O)c1cccc2ccccc12)N1CCN(C)CC1. The van der Waals surface area contributed by atoms with Crippen molar-refractivity contribution in [2.24, 2.45) is 0 Å². The number of carbonyl (C=O) groups is 1. The van der Waals surface area contributed by atoms with Gasteiger partial charge in [0.2, 0.25) is 0 Å². The molecule has 0 unspecified atom stereocenters. The summed E-state index contributed by atoms with van der Waals surface area (Å²) in [5, 5.41) is 5.22. The second kappa shape index (κ2) is 7.11. The van der Waals surface area contributed by atoms with Crippen LogP contribution in [0.4, 0.5) is 0 Å². The fraction of sp³-hybridized carbons (Fsp3) is 0.421. The number of nitrogens with zero attached hydrogens (tertiary/aromatic N) is 2. The highest BCUT2D eigenvalue weighted by Gasteiger charge is 2.19. The van der Waals surface area contributed by atoms with Crippen LogP contribution >= 0.6 is 0 Å². The lowest BCUT2D eigenvalue weighted by atomic mass is 10.0. The number of amides is 1. The third kappa shape index (κ3) is 3.71. The van der Waals surface area contributed by atoms with Crippen LogP contribution in [0, 0.1) is 0 Å². The minimum Gasteiger partial charge on any atom is -0.350 e. The normalized spacial score (nSPS) is 18.0. The van der Waals surface area contributed by atoms with E-state index in [-0.39, 0.29) is 5.91 Å². The summed E-state index contributed by atoms with van der Waals surface area (Å²) in [6.07, 6.45) is 0. The lowest BCUT2D eigenvalue weighted by Crippen LogP contribution is -2.51. The molecule has 1 amide bonds. The first-order chi connectivity index (χ1) is 11.1. The van der Waals surface area contributed by atoms with Gasteiger partial charge in [-0.25, -0.2) is 0 Å². The lowest BCUT2D eigenvalue weighted by molar-refractivity contribution is 0.0905. The number of fused-ring (bicyclic) bond motifs is 1. The van der Waals surface area contributed by atoms with E-state index in [9.17, 15) is 4.79 Å². The molecular weight excluding hydrogens is 286 g/mol. The van der Waals surface area contributed by atoms with Crippen molar-refractivity contribution in [2.75, 3.05) is 39.8 Å². The molecule has 0 saturated carbocycles. The number of benzene rings is 2. The minimum absolute atomic E-state index is 0.0165. The van der Waals surface area contributed by atoms with Crippen LogP contribution in [0.2, 0.25) is 0 Å². The van der Waals surface area contributed by atoms with Crippen molar-refractivity contribution in [3.05, 3.63) is 48.0 Å². The van der Waals surface area contributed by atoms with Gasteiger partial charge in [0.1, 0.15) is 0 Å². The van der Waals surface area contributed by atoms with Gasteiger partial charge < -0.3 is 10.2 Å². The molecule has 2 aromatic rings. The van der Waals surface area contributed by atoms with E-state index >= 15 is 0 Å². The molecule has 1 saturated heterocycles. The number of carbonyl (C=O) groups excluding carboxylic acids is 1. The van der Waals surface area contributed by atoms with Crippen LogP contribution in [-0.2, 0) is 0 Å². The lowest BCUT2D eigenvalue weighted by Gasteiger charge is -2.36. The van der Waals surface area contributed by atoms with Crippen LogP contribution in [0.25, 0.3) is 10.8 Å². The second-order valence-corrected chi connectivity index (χ2v) is 6.43. The summed E-state index contributed by atoms with van der Waals surface area (Å²) < 4.78 is 0. The summed E-state index contributed by atoms with van der Waals surface area (Å²) in [6, 6.07) is 14.3. The van der Waals surface area contributed by atoms with Crippen LogP contribution in [0.5, 0.6) is 0 Å². The zero-order valence-electron chi connectivity index (χ0n) is 14.0. The monoisotopic (exact) mass is 311 g/mol. The van der Waals surface area contributed by atoms with Gasteiger partial charge in [0.15, 0.2) is 0 Å². The Kier molecular flexibility index (Phi) is 4.94. The van der Waals surface area contributed by atoms with Crippen LogP contribution in [-0.4, -0.2) is 61.5 Å². The Morgan fingerprint density at radius 2 is 1.78 bits per heavy atom. The summed E-state index contributed by atoms with van der Waals surface area (Å²) in [7, 11) is 2.16. The van der Waals surface area contributed by atoms with Gasteiger partial charge in [-0.2, -0.15) is 0 Å². The largest absolute Gasteiger partial charge is 0.350 e. The van der Waals surface area contributed by atoms with E-state index in [1.54, 1.807) is 0 Å². The molecule has 0 spiro atoms. The van der Waals surface area contributed by atoms with E-state index < -0.39 is 0 Å². The summed E-state index contributed by atoms with van der Waals surface area (Å²) >= 11 is 0. The second-order valence-electron chi connectivity index (χ2n) is 6.43. The van der Waals surface area contributed by atoms with Crippen molar-refractivity contribution in [2.45, 2.75) is 13.0 Å². The number of hydrogen-bond acceptors (Lipinski definition) is 3. The summed E-state index contributed by atoms with van der Waals surface area (Å²) in [4.78, 5) is 17.4. The van der Waals surface area contributed by atoms with E-state index in [1.807, 2.05) is 42.5 Å². The molecular formula is C19H25N3O. The number of nitrogens with one attached hydrogen (secondary N) is 1. The Morgan fingerprint density at radius 1 is 1.09 bits per heavy atom. The van der Waals surface area contributed by atoms with E-state index in [0.717, 1.165) is 42.5 Å². The van der Waals surface area contributed by atoms with Crippen molar-refractivity contribution < 1.29 is 4.79 Å². The molecule has 0 bridgehead atoms. The summed E-state index contributed by atoms with van der Waals surface area (Å²) in [5.41, 5.74) is 0.758. The fourth-order valence-electron chi connectivity index (χ4n) is 3.15. The van der Waals surface area contributed by atoms with Gasteiger partial charge in [0, 0.05) is 44.3 Å². The number of hydrogen-bond donors (Lipinski definition) is 1. The summed E-state index contributed by atoms with van der Waals surface area (Å²) in [6.45, 7) is 7.22. The molecule has 1 N–H and O–H groups in total. The zero-order chi connectivity index (χ0) is 16.2. The average Bonchev–Trinajstić information content (AvgIpc) is 2.59. The van der Waals surface area contributed by atoms with Crippen molar-refractivity contribution in [3.63, 3.8) is 0 Å². The molecule has 4 nitrogen and oxygen atoms in total. The highest BCUT2D eigenvalue weighted by molar-refractivity contribution is 6.06. The molecule has 0 aliphatic carbocycles. The Morgan fingerprint density at radius 3 is 2.57 bits per heavy atom. The first-order valence-electron chi connectivity index (χ1n) is 8.33. The maximum absolute atomic E-state index is 12.6. The maximum atomic E-state index is 12.6. The van der Waals surface area contributed by atoms with Gasteiger partial charge in [0.05, 0.1) is 0 Å². The minimum atomic E-state index is 0.0165. The smallest absolute Gasteiger partial charge is 0.251 e. The van der Waals surface area contributed by atoms with E-state index in [1.165, 1.54) is 0 Å². The topological polar surface area (TPSA) is 35.6 Å². The molecule has 4 heteroatoms. The number of rotatable bonds is 4. The number of piperazine rings is 1. The first-order valence-corrected chi connectivity index (χ1v) is 8.33. The third-order valence-corrected chi connectivity index (χ3v) is 4.75. The van der Waals surface area contributed by atoms with Crippen molar-refractivity contribution >= 4 is 16.7 Å². The van der Waals surface area contributed by atoms with Crippen molar-refractivity contribution in [3.8, 4) is 0 Å². The Labute approximate surface area is 138 Å². The molecule has 1 fully saturated rings. The van der Waals surface area contributed by atoms with Gasteiger partial charge in [-0.1, -0.05) is 36.4 Å². The molecule has 1 aliphatic rings. The predicted octanol–water partition coefficient (Wildman–Crippen LogP) is 2.21. The van der Waals surface area contributed by atoms with Gasteiger partial charge in [0.25, 0.3) is 5.91 Å². The molecule has 23 heavy (non-hydrogen) atoms. The molecule has 1 aliphatic heterocycles. The first kappa shape index (κ1) is 16.0. The van der Waals surface area contributed by atoms with Crippen LogP contribution in [0.1, 0.15) is 17.3 Å². The molecule has 2 aromatic carbocycles. The molecule has 0 aromatic heterocycles. The van der Waals surface area contributed by atoms with Gasteiger partial charge in [-0.15, -0.1) is 0 Å². The number of likely N-dealkylation sites (N-methyl/N-ethyl adjacent to an activating group) is 1. The standard InChI is InChI=1S/C19H25N3O/c1-15(22-12-10-21(2)11-13-22)14-20-19(23)18-9-5-7-16-6-3-4-8-17(16)18/h3-9,15H,10-14H2,1-2H3,(H,20,23)/t15-/m0/s1. The van der Waals surface area contributed by atoms with Gasteiger partial charge in [-0.3, -0.25) is 9.69 Å². The molecule has 122 valence electrons. The van der Waals surface area contributed by atoms with Crippen molar-refractivity contribution in [1.29, 1.82) is 0 Å². The zero-order valence-corrected chi connectivity index (χ0v) is 14.0. The van der Waals surface area contributed by atoms with Crippen molar-refractivity contribution in [1.82, 2.24) is 15.1 Å². The molecule has 1 heterocycles. The van der Waals surface area contributed by atoms with Gasteiger partial charge >= 0.3 is 0 Å². The Bertz CT molecular complexity index is 672. The highest BCUT2D eigenvalue weighted by Crippen LogP contribution is 2.18. The predicted molar refractivity (Wildman–Crippen MR) is 94.8 cm³/mol. The van der Waals surface area contributed by atoms with E-state index in [0.29, 0.717) is 12.6 Å². The average molecular weight is 311 g/mol. The van der Waals surface area contributed by atoms with E-state index in [2.05, 4.69) is 29.1 Å². The Hall–Kier alpha value is -1.91. The third-order valence-electron chi connectivity index (χ3n) is 4.75. The molecule has 1 atom stereocenters. The summed E-state index contributed by atoms with van der Waals surface area (Å²) in [5.74, 6) is 0.0165. The molecule has 3 rings (SSSR count). The van der Waals surface area contributed by atoms with Crippen LogP contribution in [0.3, 0.4) is 0 Å². The molecule has 0 radical (unpaired) electrons. The Balaban J connectivity index is 1.62. The van der Waals surface area contributed by atoms with Gasteiger partial charge in [-0.05, 0) is 30.8 Å². The highest BCUT2D eigenvalue weighted by atomic mass is 16.1. The van der Waals surface area contributed by atoms with Crippen LogP contribution in [0.15, 0.2) is 42.5 Å².